The summed E-state index contributed by atoms with van der Waals surface area (Å²) in [7, 11) is 0. The van der Waals surface area contributed by atoms with Crippen LogP contribution in [0.3, 0.4) is 0 Å². The third-order valence-electron chi connectivity index (χ3n) is 1.80. The molecule has 3 N–H and O–H groups in total. The predicted molar refractivity (Wildman–Crippen MR) is 78.2 cm³/mol. The van der Waals surface area contributed by atoms with Crippen LogP contribution in [0.15, 0.2) is 21.1 Å². The molecule has 1 rings (SSSR count). The summed E-state index contributed by atoms with van der Waals surface area (Å²) in [5.41, 5.74) is 6.51. The van der Waals surface area contributed by atoms with Crippen molar-refractivity contribution in [3.8, 4) is 0 Å². The molecule has 0 aliphatic rings. The fraction of sp³-hybridized carbons (Fsp3) is 0.200. The number of thiocarbonyl (C=S) groups is 1. The quantitative estimate of drug-likeness (QED) is 0.622. The van der Waals surface area contributed by atoms with Gasteiger partial charge in [0, 0.05) is 8.95 Å². The first-order chi connectivity index (χ1) is 7.95. The van der Waals surface area contributed by atoms with Gasteiger partial charge in [0.15, 0.2) is 5.11 Å². The molecule has 0 aliphatic carbocycles. The summed E-state index contributed by atoms with van der Waals surface area (Å²) in [5.74, 6) is -0.379. The Labute approximate surface area is 121 Å². The highest BCUT2D eigenvalue weighted by Gasteiger charge is 2.13. The lowest BCUT2D eigenvalue weighted by molar-refractivity contribution is 0.0526. The highest BCUT2D eigenvalue weighted by Crippen LogP contribution is 2.32. The Hall–Kier alpha value is -0.660. The standard InChI is InChI=1S/C10H10Br2N2O2S/c1-2-16-9(15)5-3-6(11)8(7(12)4-5)14-10(13)17/h3-4H,2H2,1H3,(H3,13,14,17). The van der Waals surface area contributed by atoms with Crippen LogP contribution in [0.1, 0.15) is 17.3 Å². The fourth-order valence-electron chi connectivity index (χ4n) is 1.15. The lowest BCUT2D eigenvalue weighted by Crippen LogP contribution is -2.19. The second-order valence-electron chi connectivity index (χ2n) is 3.02. The van der Waals surface area contributed by atoms with Crippen LogP contribution < -0.4 is 11.1 Å². The average Bonchev–Trinajstić information content (AvgIpc) is 2.23. The first-order valence-corrected chi connectivity index (χ1v) is 6.67. The first-order valence-electron chi connectivity index (χ1n) is 4.68. The molecule has 0 saturated carbocycles. The number of carbonyl (C=O) groups is 1. The molecule has 0 fully saturated rings. The second kappa shape index (κ2) is 6.32. The van der Waals surface area contributed by atoms with Crippen molar-refractivity contribution >= 4 is 60.8 Å². The van der Waals surface area contributed by atoms with Gasteiger partial charge in [-0.05, 0) is 63.1 Å². The molecule has 0 spiro atoms. The van der Waals surface area contributed by atoms with Gasteiger partial charge in [-0.2, -0.15) is 0 Å². The minimum Gasteiger partial charge on any atom is -0.462 e. The Kier molecular flexibility index (Phi) is 5.35. The van der Waals surface area contributed by atoms with Gasteiger partial charge in [0.1, 0.15) is 0 Å². The molecule has 92 valence electrons. The zero-order valence-corrected chi connectivity index (χ0v) is 12.9. The van der Waals surface area contributed by atoms with Crippen molar-refractivity contribution in [2.45, 2.75) is 6.92 Å². The van der Waals surface area contributed by atoms with E-state index in [1.165, 1.54) is 0 Å². The molecule has 0 heterocycles. The molecular formula is C10H10Br2N2O2S. The minimum atomic E-state index is -0.379. The predicted octanol–water partition coefficient (Wildman–Crippen LogP) is 3.04. The fourth-order valence-corrected chi connectivity index (χ4v) is 2.63. The van der Waals surface area contributed by atoms with E-state index >= 15 is 0 Å². The number of benzene rings is 1. The smallest absolute Gasteiger partial charge is 0.338 e. The van der Waals surface area contributed by atoms with E-state index in [2.05, 4.69) is 37.2 Å². The summed E-state index contributed by atoms with van der Waals surface area (Å²) in [5, 5.41) is 2.95. The molecule has 0 amide bonds. The number of rotatable bonds is 3. The van der Waals surface area contributed by atoms with Gasteiger partial charge >= 0.3 is 5.97 Å². The van der Waals surface area contributed by atoms with Crippen molar-refractivity contribution < 1.29 is 9.53 Å². The minimum absolute atomic E-state index is 0.148. The van der Waals surface area contributed by atoms with Crippen molar-refractivity contribution in [1.82, 2.24) is 0 Å². The topological polar surface area (TPSA) is 64.3 Å². The first kappa shape index (κ1) is 14.4. The van der Waals surface area contributed by atoms with Gasteiger partial charge in [-0.25, -0.2) is 4.79 Å². The summed E-state index contributed by atoms with van der Waals surface area (Å²) in [6, 6.07) is 3.28. The molecule has 0 radical (unpaired) electrons. The molecule has 4 nitrogen and oxygen atoms in total. The van der Waals surface area contributed by atoms with Crippen LogP contribution in [0.25, 0.3) is 0 Å². The van der Waals surface area contributed by atoms with Gasteiger partial charge in [-0.15, -0.1) is 0 Å². The maximum absolute atomic E-state index is 11.5. The lowest BCUT2D eigenvalue weighted by Gasteiger charge is -2.11. The molecule has 17 heavy (non-hydrogen) atoms. The number of anilines is 1. The number of nitrogens with two attached hydrogens (primary N) is 1. The molecule has 0 aliphatic heterocycles. The second-order valence-corrected chi connectivity index (χ2v) is 5.17. The van der Waals surface area contributed by atoms with E-state index in [1.54, 1.807) is 19.1 Å². The van der Waals surface area contributed by atoms with Gasteiger partial charge in [-0.1, -0.05) is 0 Å². The van der Waals surface area contributed by atoms with Gasteiger partial charge in [0.25, 0.3) is 0 Å². The third-order valence-corrected chi connectivity index (χ3v) is 3.15. The third kappa shape index (κ3) is 3.93. The van der Waals surface area contributed by atoms with E-state index in [4.69, 9.17) is 22.7 Å². The van der Waals surface area contributed by atoms with Crippen molar-refractivity contribution in [2.75, 3.05) is 11.9 Å². The highest BCUT2D eigenvalue weighted by molar-refractivity contribution is 9.11. The number of hydrogen-bond donors (Lipinski definition) is 2. The van der Waals surface area contributed by atoms with Gasteiger partial charge in [0.05, 0.1) is 17.9 Å². The summed E-state index contributed by atoms with van der Waals surface area (Å²) in [6.45, 7) is 2.09. The van der Waals surface area contributed by atoms with E-state index in [0.29, 0.717) is 26.8 Å². The number of halogens is 2. The Morgan fingerprint density at radius 1 is 1.47 bits per heavy atom. The van der Waals surface area contributed by atoms with Crippen LogP contribution in [-0.4, -0.2) is 17.7 Å². The molecule has 0 bridgehead atoms. The zero-order chi connectivity index (χ0) is 13.0. The summed E-state index contributed by atoms with van der Waals surface area (Å²) < 4.78 is 6.25. The maximum atomic E-state index is 11.5. The summed E-state index contributed by atoms with van der Waals surface area (Å²) in [6.07, 6.45) is 0. The molecule has 7 heteroatoms. The van der Waals surface area contributed by atoms with E-state index in [-0.39, 0.29) is 11.1 Å². The zero-order valence-electron chi connectivity index (χ0n) is 8.92. The molecule has 0 unspecified atom stereocenters. The molecule has 0 saturated heterocycles. The molecule has 0 atom stereocenters. The van der Waals surface area contributed by atoms with Crippen LogP contribution in [-0.2, 0) is 4.74 Å². The normalized spacial score (nSPS) is 9.82. The van der Waals surface area contributed by atoms with E-state index in [1.807, 2.05) is 0 Å². The van der Waals surface area contributed by atoms with Crippen LogP contribution in [0.4, 0.5) is 5.69 Å². The Bertz CT molecular complexity index is 443. The number of carbonyl (C=O) groups excluding carboxylic acids is 1. The Morgan fingerprint density at radius 3 is 2.41 bits per heavy atom. The lowest BCUT2D eigenvalue weighted by atomic mass is 10.2. The number of ether oxygens (including phenoxy) is 1. The van der Waals surface area contributed by atoms with Crippen LogP contribution in [0.2, 0.25) is 0 Å². The monoisotopic (exact) mass is 380 g/mol. The number of esters is 1. The van der Waals surface area contributed by atoms with E-state index in [0.717, 1.165) is 0 Å². The van der Waals surface area contributed by atoms with Crippen LogP contribution in [0, 0.1) is 0 Å². The molecule has 1 aromatic carbocycles. The van der Waals surface area contributed by atoms with E-state index in [9.17, 15) is 4.79 Å². The average molecular weight is 382 g/mol. The van der Waals surface area contributed by atoms with Crippen molar-refractivity contribution in [3.05, 3.63) is 26.6 Å². The van der Waals surface area contributed by atoms with E-state index < -0.39 is 0 Å². The highest BCUT2D eigenvalue weighted by atomic mass is 79.9. The number of hydrogen-bond acceptors (Lipinski definition) is 3. The SMILES string of the molecule is CCOC(=O)c1cc(Br)c(NC(N)=S)c(Br)c1. The summed E-state index contributed by atoms with van der Waals surface area (Å²) in [4.78, 5) is 11.5. The van der Waals surface area contributed by atoms with Crippen molar-refractivity contribution in [1.29, 1.82) is 0 Å². The van der Waals surface area contributed by atoms with Crippen molar-refractivity contribution in [2.24, 2.45) is 5.73 Å². The molecule has 1 aromatic rings. The largest absolute Gasteiger partial charge is 0.462 e. The number of nitrogens with one attached hydrogen (secondary N) is 1. The molecule has 0 aromatic heterocycles. The summed E-state index contributed by atoms with van der Waals surface area (Å²) >= 11 is 11.4. The van der Waals surface area contributed by atoms with Gasteiger partial charge in [0.2, 0.25) is 0 Å². The Morgan fingerprint density at radius 2 is 2.00 bits per heavy atom. The van der Waals surface area contributed by atoms with Crippen LogP contribution >= 0.6 is 44.1 Å². The maximum Gasteiger partial charge on any atom is 0.338 e. The van der Waals surface area contributed by atoms with Crippen LogP contribution in [0.5, 0.6) is 0 Å². The van der Waals surface area contributed by atoms with Gasteiger partial charge < -0.3 is 15.8 Å². The van der Waals surface area contributed by atoms with Crippen molar-refractivity contribution in [3.63, 3.8) is 0 Å². The molecular weight excluding hydrogens is 372 g/mol. The van der Waals surface area contributed by atoms with Gasteiger partial charge in [-0.3, -0.25) is 0 Å². The Balaban J connectivity index is 3.09.